The number of hydrogen-bond acceptors (Lipinski definition) is 2. The van der Waals surface area contributed by atoms with Crippen LogP contribution < -0.4 is 4.74 Å². The predicted molar refractivity (Wildman–Crippen MR) is 108 cm³/mol. The first-order valence-corrected chi connectivity index (χ1v) is 10.9. The second-order valence-corrected chi connectivity index (χ2v) is 7.57. The third-order valence-corrected chi connectivity index (χ3v) is 4.90. The largest absolute Gasteiger partial charge is 0.493 e. The van der Waals surface area contributed by atoms with Gasteiger partial charge < -0.3 is 4.74 Å². The SMILES string of the molecule is CCCCCCCCCCCCCCCCOc1ccnc(Br)c1. The summed E-state index contributed by atoms with van der Waals surface area (Å²) in [6.07, 6.45) is 21.2. The smallest absolute Gasteiger partial charge is 0.123 e. The van der Waals surface area contributed by atoms with Crippen LogP contribution in [-0.2, 0) is 0 Å². The summed E-state index contributed by atoms with van der Waals surface area (Å²) in [6, 6.07) is 3.83. The van der Waals surface area contributed by atoms with E-state index in [1.54, 1.807) is 6.20 Å². The zero-order valence-corrected chi connectivity index (χ0v) is 17.2. The average molecular weight is 398 g/mol. The van der Waals surface area contributed by atoms with E-state index in [0.29, 0.717) is 0 Å². The standard InChI is InChI=1S/C21H36BrNO/c1-2-3-4-5-6-7-8-9-10-11-12-13-14-15-18-24-20-16-17-23-21(22)19-20/h16-17,19H,2-15,18H2,1H3. The monoisotopic (exact) mass is 397 g/mol. The Morgan fingerprint density at radius 3 is 1.79 bits per heavy atom. The molecule has 0 unspecified atom stereocenters. The summed E-state index contributed by atoms with van der Waals surface area (Å²) in [5.74, 6) is 0.909. The van der Waals surface area contributed by atoms with Crippen LogP contribution in [0.15, 0.2) is 22.9 Å². The molecule has 0 bridgehead atoms. The summed E-state index contributed by atoms with van der Waals surface area (Å²) in [7, 11) is 0. The van der Waals surface area contributed by atoms with Gasteiger partial charge in [0.25, 0.3) is 0 Å². The van der Waals surface area contributed by atoms with Crippen molar-refractivity contribution in [2.45, 2.75) is 96.8 Å². The van der Waals surface area contributed by atoms with E-state index in [1.807, 2.05) is 12.1 Å². The molecule has 0 aliphatic heterocycles. The van der Waals surface area contributed by atoms with Gasteiger partial charge in [-0.3, -0.25) is 0 Å². The summed E-state index contributed by atoms with van der Waals surface area (Å²) in [5.41, 5.74) is 0. The first-order valence-electron chi connectivity index (χ1n) is 10.1. The van der Waals surface area contributed by atoms with Gasteiger partial charge in [-0.2, -0.15) is 0 Å². The van der Waals surface area contributed by atoms with E-state index in [4.69, 9.17) is 4.74 Å². The second-order valence-electron chi connectivity index (χ2n) is 6.76. The van der Waals surface area contributed by atoms with Crippen molar-refractivity contribution in [1.29, 1.82) is 0 Å². The molecule has 3 heteroatoms. The maximum absolute atomic E-state index is 5.72. The molecule has 0 aromatic carbocycles. The fraction of sp³-hybridized carbons (Fsp3) is 0.762. The maximum Gasteiger partial charge on any atom is 0.123 e. The summed E-state index contributed by atoms with van der Waals surface area (Å²) < 4.78 is 6.56. The minimum absolute atomic E-state index is 0.814. The molecule has 0 radical (unpaired) electrons. The highest BCUT2D eigenvalue weighted by Crippen LogP contribution is 2.16. The molecule has 0 spiro atoms. The first-order chi connectivity index (χ1) is 11.8. The molecule has 0 atom stereocenters. The Bertz CT molecular complexity index is 397. The Morgan fingerprint density at radius 1 is 0.792 bits per heavy atom. The van der Waals surface area contributed by atoms with E-state index < -0.39 is 0 Å². The van der Waals surface area contributed by atoms with Gasteiger partial charge in [0.1, 0.15) is 10.4 Å². The topological polar surface area (TPSA) is 22.1 Å². The van der Waals surface area contributed by atoms with Crippen molar-refractivity contribution in [3.05, 3.63) is 22.9 Å². The lowest BCUT2D eigenvalue weighted by atomic mass is 10.0. The first kappa shape index (κ1) is 21.5. The van der Waals surface area contributed by atoms with Crippen molar-refractivity contribution in [2.75, 3.05) is 6.61 Å². The summed E-state index contributed by atoms with van der Waals surface area (Å²) in [5, 5.41) is 0. The molecule has 138 valence electrons. The van der Waals surface area contributed by atoms with Gasteiger partial charge >= 0.3 is 0 Å². The Labute approximate surface area is 157 Å². The van der Waals surface area contributed by atoms with Crippen LogP contribution in [0.25, 0.3) is 0 Å². The molecule has 1 heterocycles. The number of hydrogen-bond donors (Lipinski definition) is 0. The Morgan fingerprint density at radius 2 is 1.29 bits per heavy atom. The van der Waals surface area contributed by atoms with E-state index in [2.05, 4.69) is 27.8 Å². The molecule has 0 fully saturated rings. The lowest BCUT2D eigenvalue weighted by molar-refractivity contribution is 0.303. The van der Waals surface area contributed by atoms with Gasteiger partial charge in [-0.15, -0.1) is 0 Å². The van der Waals surface area contributed by atoms with Crippen LogP contribution in [0, 0.1) is 0 Å². The predicted octanol–water partition coefficient (Wildman–Crippen LogP) is 7.70. The van der Waals surface area contributed by atoms with Crippen molar-refractivity contribution in [1.82, 2.24) is 4.98 Å². The van der Waals surface area contributed by atoms with Crippen LogP contribution in [0.5, 0.6) is 5.75 Å². The van der Waals surface area contributed by atoms with Crippen LogP contribution in [0.3, 0.4) is 0 Å². The molecular weight excluding hydrogens is 362 g/mol. The molecule has 0 saturated heterocycles. The molecule has 0 aliphatic carbocycles. The average Bonchev–Trinajstić information content (AvgIpc) is 2.58. The molecule has 1 aromatic rings. The van der Waals surface area contributed by atoms with Gasteiger partial charge in [0.05, 0.1) is 6.61 Å². The molecule has 1 rings (SSSR count). The lowest BCUT2D eigenvalue weighted by Gasteiger charge is -2.06. The zero-order valence-electron chi connectivity index (χ0n) is 15.6. The molecule has 24 heavy (non-hydrogen) atoms. The fourth-order valence-electron chi connectivity index (χ4n) is 2.96. The Balaban J connectivity index is 1.76. The highest BCUT2D eigenvalue weighted by atomic mass is 79.9. The van der Waals surface area contributed by atoms with E-state index in [-0.39, 0.29) is 0 Å². The Kier molecular flexibility index (Phi) is 14.3. The van der Waals surface area contributed by atoms with Crippen molar-refractivity contribution >= 4 is 15.9 Å². The summed E-state index contributed by atoms with van der Waals surface area (Å²) in [4.78, 5) is 4.10. The summed E-state index contributed by atoms with van der Waals surface area (Å²) >= 11 is 3.36. The van der Waals surface area contributed by atoms with Gasteiger partial charge in [0.2, 0.25) is 0 Å². The normalized spacial score (nSPS) is 10.9. The number of pyridine rings is 1. The van der Waals surface area contributed by atoms with Gasteiger partial charge in [-0.05, 0) is 28.4 Å². The number of ether oxygens (including phenoxy) is 1. The quantitative estimate of drug-likeness (QED) is 0.210. The number of halogens is 1. The maximum atomic E-state index is 5.72. The van der Waals surface area contributed by atoms with Crippen molar-refractivity contribution in [3.63, 3.8) is 0 Å². The van der Waals surface area contributed by atoms with Crippen molar-refractivity contribution in [3.8, 4) is 5.75 Å². The van der Waals surface area contributed by atoms with E-state index in [9.17, 15) is 0 Å². The highest BCUT2D eigenvalue weighted by molar-refractivity contribution is 9.10. The van der Waals surface area contributed by atoms with Crippen molar-refractivity contribution in [2.24, 2.45) is 0 Å². The zero-order chi connectivity index (χ0) is 17.3. The number of unbranched alkanes of at least 4 members (excludes halogenated alkanes) is 13. The van der Waals surface area contributed by atoms with Gasteiger partial charge in [0, 0.05) is 12.3 Å². The molecule has 0 amide bonds. The van der Waals surface area contributed by atoms with E-state index in [1.165, 1.54) is 83.5 Å². The third-order valence-electron chi connectivity index (χ3n) is 4.46. The lowest BCUT2D eigenvalue weighted by Crippen LogP contribution is -1.97. The van der Waals surface area contributed by atoms with Crippen LogP contribution in [0.2, 0.25) is 0 Å². The number of nitrogens with zero attached hydrogens (tertiary/aromatic N) is 1. The summed E-state index contributed by atoms with van der Waals surface area (Å²) in [6.45, 7) is 3.10. The molecule has 0 aliphatic rings. The Hall–Kier alpha value is -0.570. The van der Waals surface area contributed by atoms with Crippen LogP contribution in [0.1, 0.15) is 96.8 Å². The van der Waals surface area contributed by atoms with Crippen LogP contribution in [0.4, 0.5) is 0 Å². The van der Waals surface area contributed by atoms with Crippen LogP contribution >= 0.6 is 15.9 Å². The van der Waals surface area contributed by atoms with Gasteiger partial charge in [-0.25, -0.2) is 4.98 Å². The molecule has 2 nitrogen and oxygen atoms in total. The molecule has 0 saturated carbocycles. The van der Waals surface area contributed by atoms with E-state index in [0.717, 1.165) is 23.4 Å². The van der Waals surface area contributed by atoms with Crippen molar-refractivity contribution < 1.29 is 4.74 Å². The number of rotatable bonds is 16. The van der Waals surface area contributed by atoms with Gasteiger partial charge in [0.15, 0.2) is 0 Å². The molecule has 1 aromatic heterocycles. The fourth-order valence-corrected chi connectivity index (χ4v) is 3.30. The molecular formula is C21H36BrNO. The molecule has 0 N–H and O–H groups in total. The minimum atomic E-state index is 0.814. The minimum Gasteiger partial charge on any atom is -0.493 e. The second kappa shape index (κ2) is 15.9. The van der Waals surface area contributed by atoms with Crippen LogP contribution in [-0.4, -0.2) is 11.6 Å². The van der Waals surface area contributed by atoms with Gasteiger partial charge in [-0.1, -0.05) is 90.4 Å². The highest BCUT2D eigenvalue weighted by Gasteiger charge is 1.97. The van der Waals surface area contributed by atoms with E-state index >= 15 is 0 Å². The third kappa shape index (κ3) is 12.8. The number of aromatic nitrogens is 1.